The Labute approximate surface area is 101 Å². The third kappa shape index (κ3) is 6.02. The van der Waals surface area contributed by atoms with E-state index in [1.54, 1.807) is 12.1 Å². The topological polar surface area (TPSA) is 38.3 Å². The molecular formula is C13H18FNO2. The first-order valence-corrected chi connectivity index (χ1v) is 5.81. The average Bonchev–Trinajstić information content (AvgIpc) is 2.32. The summed E-state index contributed by atoms with van der Waals surface area (Å²) < 4.78 is 17.8. The summed E-state index contributed by atoms with van der Waals surface area (Å²) in [6.07, 6.45) is 2.03. The van der Waals surface area contributed by atoms with Gasteiger partial charge in [0.05, 0.1) is 6.61 Å². The molecule has 1 aromatic rings. The maximum atomic E-state index is 12.6. The van der Waals surface area contributed by atoms with Crippen molar-refractivity contribution in [2.75, 3.05) is 13.2 Å². The Kier molecular flexibility index (Phi) is 6.25. The van der Waals surface area contributed by atoms with Gasteiger partial charge in [-0.25, -0.2) is 4.39 Å². The Hall–Kier alpha value is -1.42. The van der Waals surface area contributed by atoms with Crippen LogP contribution in [0.5, 0.6) is 0 Å². The normalized spacial score (nSPS) is 10.2. The first-order chi connectivity index (χ1) is 8.22. The van der Waals surface area contributed by atoms with E-state index in [4.69, 9.17) is 4.74 Å². The zero-order valence-electron chi connectivity index (χ0n) is 10.0. The highest BCUT2D eigenvalue weighted by atomic mass is 19.1. The lowest BCUT2D eigenvalue weighted by Gasteiger charge is -2.05. The number of unbranched alkanes of at least 4 members (excludes halogenated alkanes) is 1. The minimum atomic E-state index is -0.272. The van der Waals surface area contributed by atoms with Crippen LogP contribution in [0.15, 0.2) is 24.3 Å². The van der Waals surface area contributed by atoms with Gasteiger partial charge in [0.15, 0.2) is 0 Å². The number of carbonyl (C=O) groups excluding carboxylic acids is 1. The second kappa shape index (κ2) is 7.79. The molecule has 0 aliphatic heterocycles. The highest BCUT2D eigenvalue weighted by Gasteiger charge is 2.00. The fourth-order valence-electron chi connectivity index (χ4n) is 1.30. The van der Waals surface area contributed by atoms with Gasteiger partial charge in [-0.1, -0.05) is 25.5 Å². The molecule has 1 rings (SSSR count). The molecule has 1 N–H and O–H groups in total. The number of hydrogen-bond acceptors (Lipinski definition) is 2. The van der Waals surface area contributed by atoms with Crippen LogP contribution in [0.2, 0.25) is 0 Å². The first-order valence-electron chi connectivity index (χ1n) is 5.81. The molecule has 0 spiro atoms. The Morgan fingerprint density at radius 2 is 2.06 bits per heavy atom. The molecule has 0 bridgehead atoms. The first kappa shape index (κ1) is 13.6. The van der Waals surface area contributed by atoms with Crippen molar-refractivity contribution in [2.24, 2.45) is 0 Å². The monoisotopic (exact) mass is 239 g/mol. The molecule has 3 nitrogen and oxygen atoms in total. The standard InChI is InChI=1S/C13H18FNO2/c1-2-3-8-15-13(16)10-17-9-11-4-6-12(14)7-5-11/h4-7H,2-3,8-10H2,1H3,(H,15,16). The van der Waals surface area contributed by atoms with E-state index >= 15 is 0 Å². The van der Waals surface area contributed by atoms with Crippen molar-refractivity contribution in [2.45, 2.75) is 26.4 Å². The number of carbonyl (C=O) groups is 1. The number of rotatable bonds is 7. The van der Waals surface area contributed by atoms with Crippen LogP contribution >= 0.6 is 0 Å². The van der Waals surface area contributed by atoms with Crippen LogP contribution in [0.3, 0.4) is 0 Å². The lowest BCUT2D eigenvalue weighted by Crippen LogP contribution is -2.28. The highest BCUT2D eigenvalue weighted by molar-refractivity contribution is 5.77. The summed E-state index contributed by atoms with van der Waals surface area (Å²) in [5.41, 5.74) is 0.854. The summed E-state index contributed by atoms with van der Waals surface area (Å²) in [6.45, 7) is 3.12. The number of halogens is 1. The smallest absolute Gasteiger partial charge is 0.246 e. The molecule has 0 aliphatic carbocycles. The van der Waals surface area contributed by atoms with E-state index in [2.05, 4.69) is 12.2 Å². The summed E-state index contributed by atoms with van der Waals surface area (Å²) >= 11 is 0. The molecule has 1 aromatic carbocycles. The molecule has 17 heavy (non-hydrogen) atoms. The van der Waals surface area contributed by atoms with Gasteiger partial charge in [-0.15, -0.1) is 0 Å². The van der Waals surface area contributed by atoms with E-state index < -0.39 is 0 Å². The lowest BCUT2D eigenvalue weighted by molar-refractivity contribution is -0.126. The third-order valence-electron chi connectivity index (χ3n) is 2.27. The molecule has 0 heterocycles. The number of ether oxygens (including phenoxy) is 1. The zero-order valence-corrected chi connectivity index (χ0v) is 10.0. The third-order valence-corrected chi connectivity index (χ3v) is 2.27. The molecule has 4 heteroatoms. The number of nitrogens with one attached hydrogen (secondary N) is 1. The fraction of sp³-hybridized carbons (Fsp3) is 0.462. The Morgan fingerprint density at radius 1 is 1.35 bits per heavy atom. The predicted octanol–water partition coefficient (Wildman–Crippen LogP) is 2.26. The van der Waals surface area contributed by atoms with Crippen molar-refractivity contribution in [3.8, 4) is 0 Å². The molecule has 0 aliphatic rings. The van der Waals surface area contributed by atoms with Gasteiger partial charge in [-0.2, -0.15) is 0 Å². The van der Waals surface area contributed by atoms with E-state index in [0.717, 1.165) is 18.4 Å². The number of benzene rings is 1. The minimum Gasteiger partial charge on any atom is -0.367 e. The van der Waals surface area contributed by atoms with E-state index in [0.29, 0.717) is 13.2 Å². The van der Waals surface area contributed by atoms with Crippen LogP contribution in [0.4, 0.5) is 4.39 Å². The quantitative estimate of drug-likeness (QED) is 0.741. The maximum absolute atomic E-state index is 12.6. The van der Waals surface area contributed by atoms with Gasteiger partial charge < -0.3 is 10.1 Å². The summed E-state index contributed by atoms with van der Waals surface area (Å²) in [7, 11) is 0. The van der Waals surface area contributed by atoms with Crippen LogP contribution in [0, 0.1) is 5.82 Å². The molecule has 0 saturated heterocycles. The van der Waals surface area contributed by atoms with Gasteiger partial charge in [0, 0.05) is 6.54 Å². The largest absolute Gasteiger partial charge is 0.367 e. The molecule has 0 saturated carbocycles. The second-order valence-corrected chi connectivity index (χ2v) is 3.82. The summed E-state index contributed by atoms with van der Waals surface area (Å²) in [6, 6.07) is 6.04. The predicted molar refractivity (Wildman–Crippen MR) is 64.0 cm³/mol. The number of amides is 1. The highest BCUT2D eigenvalue weighted by Crippen LogP contribution is 2.03. The molecule has 1 amide bonds. The van der Waals surface area contributed by atoms with Crippen LogP contribution in [0.1, 0.15) is 25.3 Å². The van der Waals surface area contributed by atoms with Crippen molar-refractivity contribution in [1.82, 2.24) is 5.32 Å². The van der Waals surface area contributed by atoms with Gasteiger partial charge in [0.2, 0.25) is 5.91 Å². The van der Waals surface area contributed by atoms with Gasteiger partial charge in [-0.3, -0.25) is 4.79 Å². The van der Waals surface area contributed by atoms with Crippen molar-refractivity contribution < 1.29 is 13.9 Å². The maximum Gasteiger partial charge on any atom is 0.246 e. The lowest BCUT2D eigenvalue weighted by atomic mass is 10.2. The molecule has 0 radical (unpaired) electrons. The van der Waals surface area contributed by atoms with Gasteiger partial charge >= 0.3 is 0 Å². The fourth-order valence-corrected chi connectivity index (χ4v) is 1.30. The van der Waals surface area contributed by atoms with E-state index in [-0.39, 0.29) is 18.3 Å². The summed E-state index contributed by atoms with van der Waals surface area (Å²) in [4.78, 5) is 11.3. The Balaban J connectivity index is 2.14. The van der Waals surface area contributed by atoms with Crippen molar-refractivity contribution >= 4 is 5.91 Å². The van der Waals surface area contributed by atoms with E-state index in [9.17, 15) is 9.18 Å². The Bertz CT molecular complexity index is 338. The summed E-state index contributed by atoms with van der Waals surface area (Å²) in [5.74, 6) is -0.383. The molecule has 94 valence electrons. The van der Waals surface area contributed by atoms with Crippen LogP contribution in [0.25, 0.3) is 0 Å². The molecule has 0 atom stereocenters. The summed E-state index contributed by atoms with van der Waals surface area (Å²) in [5, 5.41) is 2.76. The van der Waals surface area contributed by atoms with Crippen molar-refractivity contribution in [3.63, 3.8) is 0 Å². The molecular weight excluding hydrogens is 221 g/mol. The van der Waals surface area contributed by atoms with Gasteiger partial charge in [-0.05, 0) is 24.1 Å². The van der Waals surface area contributed by atoms with Crippen molar-refractivity contribution in [3.05, 3.63) is 35.6 Å². The average molecular weight is 239 g/mol. The molecule has 0 unspecified atom stereocenters. The van der Waals surface area contributed by atoms with E-state index in [1.807, 2.05) is 0 Å². The van der Waals surface area contributed by atoms with Crippen LogP contribution in [-0.4, -0.2) is 19.1 Å². The molecule has 0 fully saturated rings. The van der Waals surface area contributed by atoms with Crippen molar-refractivity contribution in [1.29, 1.82) is 0 Å². The van der Waals surface area contributed by atoms with Gasteiger partial charge in [0.1, 0.15) is 12.4 Å². The van der Waals surface area contributed by atoms with Crippen LogP contribution < -0.4 is 5.32 Å². The second-order valence-electron chi connectivity index (χ2n) is 3.82. The van der Waals surface area contributed by atoms with Crippen LogP contribution in [-0.2, 0) is 16.1 Å². The van der Waals surface area contributed by atoms with E-state index in [1.165, 1.54) is 12.1 Å². The minimum absolute atomic E-state index is 0.0427. The number of hydrogen-bond donors (Lipinski definition) is 1. The van der Waals surface area contributed by atoms with Gasteiger partial charge in [0.25, 0.3) is 0 Å². The SMILES string of the molecule is CCCCNC(=O)COCc1ccc(F)cc1. The Morgan fingerprint density at radius 3 is 2.71 bits per heavy atom. The molecule has 0 aromatic heterocycles. The zero-order chi connectivity index (χ0) is 12.5.